The van der Waals surface area contributed by atoms with Crippen molar-refractivity contribution < 1.29 is 5.11 Å². The third-order valence-corrected chi connectivity index (χ3v) is 6.04. The van der Waals surface area contributed by atoms with Crippen LogP contribution in [0, 0.1) is 5.92 Å². The molecule has 2 aromatic heterocycles. The van der Waals surface area contributed by atoms with Gasteiger partial charge in [0.05, 0.1) is 18.3 Å². The topological polar surface area (TPSA) is 77.9 Å². The van der Waals surface area contributed by atoms with Crippen LogP contribution in [0.4, 0.5) is 0 Å². The lowest BCUT2D eigenvalue weighted by Crippen LogP contribution is -2.22. The summed E-state index contributed by atoms with van der Waals surface area (Å²) in [7, 11) is 1.56. The first-order chi connectivity index (χ1) is 14.5. The van der Waals surface area contributed by atoms with Crippen LogP contribution in [0.2, 0.25) is 0 Å². The minimum Gasteiger partial charge on any atom is -0.493 e. The minimum absolute atomic E-state index is 0.0350. The molecule has 0 atom stereocenters. The van der Waals surface area contributed by atoms with Gasteiger partial charge < -0.3 is 5.11 Å². The van der Waals surface area contributed by atoms with Crippen molar-refractivity contribution in [2.45, 2.75) is 39.3 Å². The summed E-state index contributed by atoms with van der Waals surface area (Å²) >= 11 is 0. The first-order valence-corrected chi connectivity index (χ1v) is 10.4. The number of fused-ring (bicyclic) bond motifs is 1. The molecule has 1 saturated carbocycles. The molecule has 1 N–H and O–H groups in total. The molecule has 0 bridgehead atoms. The highest BCUT2D eigenvalue weighted by Crippen LogP contribution is 2.33. The fourth-order valence-corrected chi connectivity index (χ4v) is 4.07. The van der Waals surface area contributed by atoms with Crippen molar-refractivity contribution in [3.8, 4) is 17.0 Å². The minimum atomic E-state index is -0.232. The van der Waals surface area contributed by atoms with E-state index in [0.717, 1.165) is 41.0 Å². The molecule has 1 aliphatic carbocycles. The Bertz CT molecular complexity index is 1280. The van der Waals surface area contributed by atoms with Crippen molar-refractivity contribution >= 4 is 11.0 Å². The van der Waals surface area contributed by atoms with Crippen molar-refractivity contribution in [2.24, 2.45) is 13.0 Å². The average molecular weight is 403 g/mol. The lowest BCUT2D eigenvalue weighted by Gasteiger charge is -2.11. The van der Waals surface area contributed by atoms with E-state index in [0.29, 0.717) is 6.54 Å². The maximum absolute atomic E-state index is 12.1. The van der Waals surface area contributed by atoms with Gasteiger partial charge in [-0.3, -0.25) is 9.13 Å². The van der Waals surface area contributed by atoms with Gasteiger partial charge in [-0.05, 0) is 53.5 Å². The Morgan fingerprint density at radius 1 is 1.13 bits per heavy atom. The van der Waals surface area contributed by atoms with Gasteiger partial charge in [-0.15, -0.1) is 5.10 Å². The van der Waals surface area contributed by atoms with Crippen LogP contribution in [-0.4, -0.2) is 29.2 Å². The zero-order valence-electron chi connectivity index (χ0n) is 17.2. The average Bonchev–Trinajstić information content (AvgIpc) is 3.44. The van der Waals surface area contributed by atoms with E-state index < -0.39 is 0 Å². The van der Waals surface area contributed by atoms with Crippen molar-refractivity contribution in [2.75, 3.05) is 0 Å². The summed E-state index contributed by atoms with van der Waals surface area (Å²) in [4.78, 5) is 12.1. The summed E-state index contributed by atoms with van der Waals surface area (Å²) in [5, 5.41) is 18.6. The number of aryl methyl sites for hydroxylation is 1. The van der Waals surface area contributed by atoms with Gasteiger partial charge in [-0.25, -0.2) is 9.48 Å². The summed E-state index contributed by atoms with van der Waals surface area (Å²) in [5.74, 6) is 0.721. The number of rotatable bonds is 6. The van der Waals surface area contributed by atoms with Crippen LogP contribution in [0.25, 0.3) is 22.2 Å². The zero-order valence-corrected chi connectivity index (χ0v) is 17.2. The molecule has 0 spiro atoms. The van der Waals surface area contributed by atoms with Crippen LogP contribution < -0.4 is 5.69 Å². The smallest absolute Gasteiger partial charge is 0.331 e. The Morgan fingerprint density at radius 2 is 1.90 bits per heavy atom. The summed E-state index contributed by atoms with van der Waals surface area (Å²) in [6.07, 6.45) is 4.93. The van der Waals surface area contributed by atoms with E-state index in [2.05, 4.69) is 41.5 Å². The van der Waals surface area contributed by atoms with E-state index in [1.54, 1.807) is 7.05 Å². The molecular weight excluding hydrogens is 378 g/mol. The van der Waals surface area contributed by atoms with E-state index in [4.69, 9.17) is 0 Å². The second kappa shape index (κ2) is 7.16. The summed E-state index contributed by atoms with van der Waals surface area (Å²) in [6, 6.07) is 12.5. The van der Waals surface area contributed by atoms with Crippen LogP contribution in [0.1, 0.15) is 30.9 Å². The van der Waals surface area contributed by atoms with Crippen LogP contribution in [-0.2, 0) is 26.6 Å². The molecule has 0 saturated heterocycles. The van der Waals surface area contributed by atoms with Crippen molar-refractivity contribution in [1.82, 2.24) is 24.1 Å². The van der Waals surface area contributed by atoms with Crippen LogP contribution in [0.3, 0.4) is 0 Å². The molecule has 1 aliphatic rings. The number of aromatic hydroxyl groups is 1. The molecule has 0 aliphatic heterocycles. The molecule has 0 amide bonds. The standard InChI is InChI=1S/C23H25N5O2/c1-3-18-19(10-11-20-22(18)24-25-28(20)13-16-4-5-16)17-8-6-15(7-9-17)12-27-14-21(29)26(2)23(27)30/h6-11,14,16,29H,3-5,12-13H2,1-2H3. The predicted octanol–water partition coefficient (Wildman–Crippen LogP) is 3.32. The number of aromatic nitrogens is 5. The third-order valence-electron chi connectivity index (χ3n) is 6.04. The second-order valence-corrected chi connectivity index (χ2v) is 8.18. The molecule has 7 nitrogen and oxygen atoms in total. The largest absolute Gasteiger partial charge is 0.493 e. The van der Waals surface area contributed by atoms with Gasteiger partial charge in [-0.2, -0.15) is 0 Å². The SMILES string of the molecule is CCc1c(-c2ccc(Cn3cc(O)n(C)c3=O)cc2)ccc2c1nnn2CC1CC1. The molecule has 7 heteroatoms. The van der Waals surface area contributed by atoms with Crippen molar-refractivity contribution in [3.63, 3.8) is 0 Å². The Balaban J connectivity index is 1.46. The van der Waals surface area contributed by atoms with Crippen LogP contribution >= 0.6 is 0 Å². The zero-order chi connectivity index (χ0) is 20.8. The highest BCUT2D eigenvalue weighted by atomic mass is 16.3. The highest BCUT2D eigenvalue weighted by molar-refractivity contribution is 5.86. The highest BCUT2D eigenvalue weighted by Gasteiger charge is 2.23. The van der Waals surface area contributed by atoms with Crippen LogP contribution in [0.15, 0.2) is 47.4 Å². The number of imidazole rings is 1. The second-order valence-electron chi connectivity index (χ2n) is 8.18. The molecule has 30 heavy (non-hydrogen) atoms. The number of nitrogens with zero attached hydrogens (tertiary/aromatic N) is 5. The van der Waals surface area contributed by atoms with Crippen molar-refractivity contribution in [1.29, 1.82) is 0 Å². The van der Waals surface area contributed by atoms with E-state index in [1.807, 2.05) is 16.8 Å². The molecule has 5 rings (SSSR count). The third kappa shape index (κ3) is 3.20. The van der Waals surface area contributed by atoms with Crippen LogP contribution in [0.5, 0.6) is 5.88 Å². The monoisotopic (exact) mass is 403 g/mol. The molecule has 0 unspecified atom stereocenters. The predicted molar refractivity (Wildman–Crippen MR) is 116 cm³/mol. The lowest BCUT2D eigenvalue weighted by molar-refractivity contribution is 0.429. The van der Waals surface area contributed by atoms with E-state index in [-0.39, 0.29) is 11.6 Å². The molecule has 1 fully saturated rings. The molecule has 4 aromatic rings. The van der Waals surface area contributed by atoms with E-state index >= 15 is 0 Å². The Kier molecular flexibility index (Phi) is 4.46. The van der Waals surface area contributed by atoms with Gasteiger partial charge in [0.15, 0.2) is 0 Å². The van der Waals surface area contributed by atoms with E-state index in [9.17, 15) is 9.90 Å². The van der Waals surface area contributed by atoms with Gasteiger partial charge in [0.25, 0.3) is 0 Å². The summed E-state index contributed by atoms with van der Waals surface area (Å²) < 4.78 is 4.78. The normalized spacial score (nSPS) is 13.9. The van der Waals surface area contributed by atoms with E-state index in [1.165, 1.54) is 39.3 Å². The lowest BCUT2D eigenvalue weighted by atomic mass is 9.96. The molecule has 154 valence electrons. The fourth-order valence-electron chi connectivity index (χ4n) is 4.07. The van der Waals surface area contributed by atoms with Gasteiger partial charge in [0.2, 0.25) is 5.88 Å². The number of hydrogen-bond acceptors (Lipinski definition) is 4. The summed E-state index contributed by atoms with van der Waals surface area (Å²) in [5.41, 5.74) is 6.38. The first kappa shape index (κ1) is 18.7. The Labute approximate surface area is 174 Å². The van der Waals surface area contributed by atoms with Gasteiger partial charge in [0.1, 0.15) is 5.52 Å². The first-order valence-electron chi connectivity index (χ1n) is 10.4. The molecular formula is C23H25N5O2. The molecule has 2 heterocycles. The number of hydrogen-bond donors (Lipinski definition) is 1. The Morgan fingerprint density at radius 3 is 2.53 bits per heavy atom. The van der Waals surface area contributed by atoms with Gasteiger partial charge in [0, 0.05) is 13.6 Å². The van der Waals surface area contributed by atoms with Gasteiger partial charge in [-0.1, -0.05) is 42.5 Å². The molecule has 2 aromatic carbocycles. The fraction of sp³-hybridized carbons (Fsp3) is 0.348. The maximum Gasteiger partial charge on any atom is 0.331 e. The molecule has 0 radical (unpaired) electrons. The number of benzene rings is 2. The van der Waals surface area contributed by atoms with Gasteiger partial charge >= 0.3 is 5.69 Å². The quantitative estimate of drug-likeness (QED) is 0.536. The summed E-state index contributed by atoms with van der Waals surface area (Å²) in [6.45, 7) is 3.53. The maximum atomic E-state index is 12.1. The Hall–Kier alpha value is -3.35. The van der Waals surface area contributed by atoms with Crippen molar-refractivity contribution in [3.05, 3.63) is 64.2 Å².